The highest BCUT2D eigenvalue weighted by molar-refractivity contribution is 5.93. The number of nitrogens with zero attached hydrogens (tertiary/aromatic N) is 2. The molecule has 0 atom stereocenters. The van der Waals surface area contributed by atoms with E-state index in [2.05, 4.69) is 0 Å². The van der Waals surface area contributed by atoms with Gasteiger partial charge >= 0.3 is 24.4 Å². The van der Waals surface area contributed by atoms with Gasteiger partial charge in [0.2, 0.25) is 0 Å². The van der Waals surface area contributed by atoms with Crippen molar-refractivity contribution in [3.8, 4) is 0 Å². The van der Waals surface area contributed by atoms with Crippen LogP contribution in [0.1, 0.15) is 116 Å². The fourth-order valence-corrected chi connectivity index (χ4v) is 2.83. The second kappa shape index (κ2) is 12.6. The number of hydrogen-bond donors (Lipinski definition) is 0. The molecule has 36 heavy (non-hydrogen) atoms. The van der Waals surface area contributed by atoms with Gasteiger partial charge in [-0.2, -0.15) is 9.80 Å². The smallest absolute Gasteiger partial charge is 0.421 e. The maximum absolute atomic E-state index is 13.4. The van der Waals surface area contributed by atoms with E-state index in [4.69, 9.17) is 18.9 Å². The second-order valence-electron chi connectivity index (χ2n) is 12.6. The predicted molar refractivity (Wildman–Crippen MR) is 137 cm³/mol. The molecule has 10 nitrogen and oxygen atoms in total. The SMILES string of the molecule is CCCCCC(N(C(=O)OC(C)(C)C)C(=O)OC(C)(C)C)N(C(=O)OC(C)(C)C)C(=O)OC(C)(C)C. The molecule has 0 aromatic carbocycles. The first-order valence-corrected chi connectivity index (χ1v) is 12.5. The van der Waals surface area contributed by atoms with Gasteiger partial charge in [-0.25, -0.2) is 19.2 Å². The number of amides is 4. The highest BCUT2D eigenvalue weighted by Crippen LogP contribution is 2.26. The van der Waals surface area contributed by atoms with Gasteiger partial charge in [0.25, 0.3) is 0 Å². The normalized spacial score (nSPS) is 12.6. The van der Waals surface area contributed by atoms with Gasteiger partial charge in [0, 0.05) is 0 Å². The highest BCUT2D eigenvalue weighted by atomic mass is 16.6. The average Bonchev–Trinajstić information content (AvgIpc) is 2.55. The van der Waals surface area contributed by atoms with Crippen LogP contribution in [-0.4, -0.2) is 62.7 Å². The molecule has 0 N–H and O–H groups in total. The Balaban J connectivity index is 6.88. The van der Waals surface area contributed by atoms with Crippen LogP contribution >= 0.6 is 0 Å². The van der Waals surface area contributed by atoms with Crippen LogP contribution in [0.25, 0.3) is 0 Å². The lowest BCUT2D eigenvalue weighted by Gasteiger charge is -2.39. The molecule has 0 aliphatic heterocycles. The Morgan fingerprint density at radius 2 is 0.778 bits per heavy atom. The zero-order valence-corrected chi connectivity index (χ0v) is 24.6. The summed E-state index contributed by atoms with van der Waals surface area (Å²) in [5, 5.41) is 0. The van der Waals surface area contributed by atoms with Gasteiger partial charge in [-0.1, -0.05) is 19.8 Å². The van der Waals surface area contributed by atoms with Crippen LogP contribution in [0, 0.1) is 0 Å². The summed E-state index contributed by atoms with van der Waals surface area (Å²) in [6.45, 7) is 21.7. The number of imide groups is 2. The standard InChI is InChI=1S/C26H48N2O8/c1-14-15-16-17-18(27(19(29)33-23(2,3)4)20(30)34-24(5,6)7)28(21(31)35-25(8,9)10)22(32)36-26(11,12)13/h18H,14-17H2,1-13H3. The summed E-state index contributed by atoms with van der Waals surface area (Å²) >= 11 is 0. The molecule has 4 amide bonds. The second-order valence-corrected chi connectivity index (χ2v) is 12.6. The lowest BCUT2D eigenvalue weighted by Crippen LogP contribution is -2.60. The Morgan fingerprint density at radius 1 is 0.528 bits per heavy atom. The van der Waals surface area contributed by atoms with Crippen LogP contribution in [0.2, 0.25) is 0 Å². The molecule has 0 fully saturated rings. The molecule has 0 aliphatic carbocycles. The number of unbranched alkanes of at least 4 members (excludes halogenated alkanes) is 2. The Morgan fingerprint density at radius 3 is 0.972 bits per heavy atom. The van der Waals surface area contributed by atoms with Crippen molar-refractivity contribution in [2.75, 3.05) is 0 Å². The molecule has 0 saturated heterocycles. The van der Waals surface area contributed by atoms with E-state index >= 15 is 0 Å². The van der Waals surface area contributed by atoms with E-state index in [9.17, 15) is 19.2 Å². The third-order valence-electron chi connectivity index (χ3n) is 4.02. The molecule has 0 spiro atoms. The van der Waals surface area contributed by atoms with Gasteiger partial charge in [-0.15, -0.1) is 0 Å². The van der Waals surface area contributed by atoms with Crippen molar-refractivity contribution in [3.05, 3.63) is 0 Å². The molecular weight excluding hydrogens is 468 g/mol. The first-order chi connectivity index (χ1) is 16.0. The monoisotopic (exact) mass is 516 g/mol. The molecular formula is C26H48N2O8. The van der Waals surface area contributed by atoms with E-state index in [1.165, 1.54) is 0 Å². The summed E-state index contributed by atoms with van der Waals surface area (Å²) < 4.78 is 22.0. The minimum Gasteiger partial charge on any atom is -0.443 e. The number of rotatable bonds is 6. The van der Waals surface area contributed by atoms with E-state index in [0.29, 0.717) is 16.2 Å². The maximum Gasteiger partial charge on any atom is 0.421 e. The maximum atomic E-state index is 13.4. The van der Waals surface area contributed by atoms with E-state index in [-0.39, 0.29) is 6.42 Å². The van der Waals surface area contributed by atoms with E-state index in [0.717, 1.165) is 12.8 Å². The zero-order chi connectivity index (χ0) is 28.7. The van der Waals surface area contributed by atoms with E-state index in [1.54, 1.807) is 83.1 Å². The summed E-state index contributed by atoms with van der Waals surface area (Å²) in [5.41, 5.74) is -3.86. The molecule has 0 aliphatic rings. The van der Waals surface area contributed by atoms with Crippen molar-refractivity contribution in [2.24, 2.45) is 0 Å². The van der Waals surface area contributed by atoms with E-state index in [1.807, 2.05) is 6.92 Å². The first-order valence-electron chi connectivity index (χ1n) is 12.5. The van der Waals surface area contributed by atoms with Crippen LogP contribution in [-0.2, 0) is 18.9 Å². The minimum absolute atomic E-state index is 0.0742. The molecule has 0 bridgehead atoms. The zero-order valence-electron chi connectivity index (χ0n) is 24.6. The predicted octanol–water partition coefficient (Wildman–Crippen LogP) is 7.24. The van der Waals surface area contributed by atoms with Crippen LogP contribution < -0.4 is 0 Å². The van der Waals surface area contributed by atoms with Gasteiger partial charge in [0.05, 0.1) is 0 Å². The minimum atomic E-state index is -1.41. The van der Waals surface area contributed by atoms with Crippen molar-refractivity contribution < 1.29 is 38.1 Å². The molecule has 0 radical (unpaired) electrons. The summed E-state index contributed by atoms with van der Waals surface area (Å²) in [4.78, 5) is 54.7. The summed E-state index contributed by atoms with van der Waals surface area (Å²) in [7, 11) is 0. The Hall–Kier alpha value is -2.52. The summed E-state index contributed by atoms with van der Waals surface area (Å²) in [5.74, 6) is 0. The van der Waals surface area contributed by atoms with Crippen molar-refractivity contribution in [2.45, 2.75) is 144 Å². The fourth-order valence-electron chi connectivity index (χ4n) is 2.83. The summed E-state index contributed by atoms with van der Waals surface area (Å²) in [6, 6.07) is 0. The van der Waals surface area contributed by atoms with Crippen molar-refractivity contribution in [1.82, 2.24) is 9.80 Å². The van der Waals surface area contributed by atoms with Gasteiger partial charge in [-0.3, -0.25) is 0 Å². The molecule has 0 rings (SSSR count). The molecule has 10 heteroatoms. The summed E-state index contributed by atoms with van der Waals surface area (Å²) in [6.07, 6.45) is -3.54. The van der Waals surface area contributed by atoms with Crippen LogP contribution in [0.5, 0.6) is 0 Å². The molecule has 0 heterocycles. The molecule has 0 aromatic rings. The largest absolute Gasteiger partial charge is 0.443 e. The molecule has 210 valence electrons. The number of ether oxygens (including phenoxy) is 4. The first kappa shape index (κ1) is 33.5. The quantitative estimate of drug-likeness (QED) is 0.206. The topological polar surface area (TPSA) is 112 Å². The number of hydrogen-bond acceptors (Lipinski definition) is 8. The lowest BCUT2D eigenvalue weighted by atomic mass is 10.1. The van der Waals surface area contributed by atoms with Gasteiger partial charge in [-0.05, 0) is 95.9 Å². The van der Waals surface area contributed by atoms with Crippen LogP contribution in [0.3, 0.4) is 0 Å². The highest BCUT2D eigenvalue weighted by Gasteiger charge is 2.46. The lowest BCUT2D eigenvalue weighted by molar-refractivity contribution is -0.0450. The van der Waals surface area contributed by atoms with Gasteiger partial charge in [0.1, 0.15) is 28.6 Å². The van der Waals surface area contributed by atoms with E-state index < -0.39 is 52.9 Å². The van der Waals surface area contributed by atoms with Crippen molar-refractivity contribution in [1.29, 1.82) is 0 Å². The molecule has 0 aromatic heterocycles. The van der Waals surface area contributed by atoms with Crippen LogP contribution in [0.4, 0.5) is 19.2 Å². The Labute approximate surface area is 216 Å². The fraction of sp³-hybridized carbons (Fsp3) is 0.846. The third-order valence-corrected chi connectivity index (χ3v) is 4.02. The van der Waals surface area contributed by atoms with Crippen molar-refractivity contribution >= 4 is 24.4 Å². The van der Waals surface area contributed by atoms with Gasteiger partial charge in [0.15, 0.2) is 0 Å². The Kier molecular flexibility index (Phi) is 11.7. The van der Waals surface area contributed by atoms with Crippen LogP contribution in [0.15, 0.2) is 0 Å². The third kappa shape index (κ3) is 13.5. The van der Waals surface area contributed by atoms with Crippen molar-refractivity contribution in [3.63, 3.8) is 0 Å². The Bertz CT molecular complexity index is 651. The molecule has 0 saturated carbocycles. The van der Waals surface area contributed by atoms with Gasteiger partial charge < -0.3 is 18.9 Å². The number of carbonyl (C=O) groups is 4. The average molecular weight is 517 g/mol. The molecule has 0 unspecified atom stereocenters. The number of carbonyl (C=O) groups excluding carboxylic acids is 4.